The van der Waals surface area contributed by atoms with E-state index in [4.69, 9.17) is 23.2 Å². The zero-order valence-corrected chi connectivity index (χ0v) is 18.4. The van der Waals surface area contributed by atoms with Crippen LogP contribution in [-0.2, 0) is 4.57 Å². The average Bonchev–Trinajstić information content (AvgIpc) is 2.78. The van der Waals surface area contributed by atoms with E-state index in [2.05, 4.69) is 5.43 Å². The Morgan fingerprint density at radius 1 is 0.633 bits per heavy atom. The second-order valence-corrected chi connectivity index (χ2v) is 10.1. The fourth-order valence-electron chi connectivity index (χ4n) is 3.23. The molecule has 0 amide bonds. The average molecular weight is 453 g/mol. The molecule has 4 aromatic rings. The Labute approximate surface area is 186 Å². The molecule has 0 saturated heterocycles. The molecule has 6 heteroatoms. The highest BCUT2D eigenvalue weighted by atomic mass is 35.5. The molecule has 150 valence electrons. The number of rotatable bonds is 6. The summed E-state index contributed by atoms with van der Waals surface area (Å²) in [6, 6.07) is 33.5. The van der Waals surface area contributed by atoms with E-state index in [0.717, 1.165) is 5.69 Å². The summed E-state index contributed by atoms with van der Waals surface area (Å²) < 4.78 is 16.6. The van der Waals surface area contributed by atoms with E-state index in [0.29, 0.717) is 26.3 Å². The van der Waals surface area contributed by atoms with Gasteiger partial charge in [0.15, 0.2) is 0 Å². The minimum atomic E-state index is -3.34. The maximum absolute atomic E-state index is 14.9. The van der Waals surface area contributed by atoms with Crippen LogP contribution in [-0.4, -0.2) is 0 Å². The lowest BCUT2D eigenvalue weighted by atomic mass is 10.3. The molecule has 0 atom stereocenters. The first kappa shape index (κ1) is 20.6. The van der Waals surface area contributed by atoms with Gasteiger partial charge in [-0.1, -0.05) is 71.7 Å². The summed E-state index contributed by atoms with van der Waals surface area (Å²) in [5.74, 6) is 0. The van der Waals surface area contributed by atoms with Crippen LogP contribution in [0.5, 0.6) is 0 Å². The van der Waals surface area contributed by atoms with E-state index >= 15 is 0 Å². The minimum absolute atomic E-state index is 0.554. The first-order chi connectivity index (χ1) is 14.6. The number of anilines is 2. The van der Waals surface area contributed by atoms with Crippen LogP contribution in [0.3, 0.4) is 0 Å². The molecule has 0 fully saturated rings. The van der Waals surface area contributed by atoms with E-state index in [9.17, 15) is 4.57 Å². The van der Waals surface area contributed by atoms with Gasteiger partial charge in [0.25, 0.3) is 0 Å². The van der Waals surface area contributed by atoms with Crippen LogP contribution in [0.25, 0.3) is 0 Å². The zero-order chi connectivity index (χ0) is 21.0. The van der Waals surface area contributed by atoms with E-state index in [1.807, 2.05) is 84.9 Å². The number of hydrogen-bond acceptors (Lipinski definition) is 2. The largest absolute Gasteiger partial charge is 0.292 e. The summed E-state index contributed by atoms with van der Waals surface area (Å²) in [5, 5.41) is 2.54. The molecule has 0 aromatic heterocycles. The fraction of sp³-hybridized carbons (Fsp3) is 0. The lowest BCUT2D eigenvalue weighted by Crippen LogP contribution is -2.36. The van der Waals surface area contributed by atoms with Gasteiger partial charge in [0.1, 0.15) is 0 Å². The number of benzene rings is 4. The van der Waals surface area contributed by atoms with Crippen LogP contribution in [0.2, 0.25) is 10.0 Å². The van der Waals surface area contributed by atoms with Gasteiger partial charge in [0.2, 0.25) is 7.29 Å². The first-order valence-corrected chi connectivity index (χ1v) is 11.8. The summed E-state index contributed by atoms with van der Waals surface area (Å²) >= 11 is 12.5. The molecule has 0 bridgehead atoms. The fourth-order valence-corrected chi connectivity index (χ4v) is 6.22. The van der Waals surface area contributed by atoms with Crippen molar-refractivity contribution >= 4 is 52.5 Å². The Balaban J connectivity index is 1.95. The number of nitrogens with one attached hydrogen (secondary N) is 1. The predicted octanol–water partition coefficient (Wildman–Crippen LogP) is 6.76. The Morgan fingerprint density at radius 3 is 1.70 bits per heavy atom. The lowest BCUT2D eigenvalue weighted by molar-refractivity contribution is 0.586. The number of hydrazine groups is 1. The highest BCUT2D eigenvalue weighted by molar-refractivity contribution is 7.80. The highest BCUT2D eigenvalue weighted by Crippen LogP contribution is 2.50. The molecule has 0 aliphatic rings. The van der Waals surface area contributed by atoms with Gasteiger partial charge in [-0.3, -0.25) is 9.99 Å². The van der Waals surface area contributed by atoms with Crippen molar-refractivity contribution in [2.75, 3.05) is 10.2 Å². The van der Waals surface area contributed by atoms with Crippen molar-refractivity contribution in [2.24, 2.45) is 0 Å². The standard InChI is InChI=1S/C24H19Cl2N2OP/c25-19-9-7-11-21(17-19)27-28(22-12-8-10-20(26)18-22)30(29,23-13-3-1-4-14-23)24-15-5-2-6-16-24/h1-18,27H. The minimum Gasteiger partial charge on any atom is -0.292 e. The monoisotopic (exact) mass is 452 g/mol. The van der Waals surface area contributed by atoms with Crippen LogP contribution in [0, 0.1) is 0 Å². The van der Waals surface area contributed by atoms with Crippen molar-refractivity contribution in [2.45, 2.75) is 0 Å². The summed E-state index contributed by atoms with van der Waals surface area (Å²) in [4.78, 5) is 0. The Kier molecular flexibility index (Phi) is 6.15. The number of hydrogen-bond donors (Lipinski definition) is 1. The van der Waals surface area contributed by atoms with Crippen molar-refractivity contribution in [3.8, 4) is 0 Å². The van der Waals surface area contributed by atoms with Gasteiger partial charge >= 0.3 is 0 Å². The topological polar surface area (TPSA) is 32.3 Å². The molecule has 4 aromatic carbocycles. The van der Waals surface area contributed by atoms with Gasteiger partial charge in [-0.05, 0) is 60.7 Å². The van der Waals surface area contributed by atoms with Crippen molar-refractivity contribution in [1.29, 1.82) is 0 Å². The van der Waals surface area contributed by atoms with Gasteiger partial charge in [-0.25, -0.2) is 4.78 Å². The molecule has 0 aliphatic heterocycles. The molecule has 4 rings (SSSR count). The highest BCUT2D eigenvalue weighted by Gasteiger charge is 2.35. The normalized spacial score (nSPS) is 11.1. The van der Waals surface area contributed by atoms with Crippen LogP contribution in [0.15, 0.2) is 109 Å². The van der Waals surface area contributed by atoms with Crippen molar-refractivity contribution in [3.63, 3.8) is 0 Å². The maximum Gasteiger partial charge on any atom is 0.247 e. The van der Waals surface area contributed by atoms with Gasteiger partial charge in [-0.15, -0.1) is 0 Å². The van der Waals surface area contributed by atoms with Crippen LogP contribution < -0.4 is 20.8 Å². The number of nitrogens with zero attached hydrogens (tertiary/aromatic N) is 1. The second-order valence-electron chi connectivity index (χ2n) is 6.66. The van der Waals surface area contributed by atoms with Crippen LogP contribution in [0.1, 0.15) is 0 Å². The maximum atomic E-state index is 14.9. The third-order valence-electron chi connectivity index (χ3n) is 4.61. The first-order valence-electron chi connectivity index (χ1n) is 9.37. The van der Waals surface area contributed by atoms with Crippen molar-refractivity contribution < 1.29 is 4.57 Å². The molecule has 3 nitrogen and oxygen atoms in total. The molecule has 30 heavy (non-hydrogen) atoms. The van der Waals surface area contributed by atoms with Crippen molar-refractivity contribution in [1.82, 2.24) is 0 Å². The smallest absolute Gasteiger partial charge is 0.247 e. The van der Waals surface area contributed by atoms with Crippen LogP contribution >= 0.6 is 30.5 Å². The number of halogens is 2. The van der Waals surface area contributed by atoms with Crippen LogP contribution in [0.4, 0.5) is 11.4 Å². The van der Waals surface area contributed by atoms with E-state index in [-0.39, 0.29) is 0 Å². The Hall–Kier alpha value is -2.71. The molecular formula is C24H19Cl2N2OP. The van der Waals surface area contributed by atoms with E-state index in [1.54, 1.807) is 29.0 Å². The predicted molar refractivity (Wildman–Crippen MR) is 129 cm³/mol. The summed E-state index contributed by atoms with van der Waals surface area (Å²) in [7, 11) is -3.34. The van der Waals surface area contributed by atoms with E-state index < -0.39 is 7.29 Å². The molecular weight excluding hydrogens is 434 g/mol. The summed E-state index contributed by atoms with van der Waals surface area (Å²) in [6.45, 7) is 0. The lowest BCUT2D eigenvalue weighted by Gasteiger charge is -2.35. The molecule has 0 saturated carbocycles. The second kappa shape index (κ2) is 8.97. The zero-order valence-electron chi connectivity index (χ0n) is 16.0. The molecule has 0 heterocycles. The Bertz CT molecular complexity index is 1140. The molecule has 0 unspecified atom stereocenters. The van der Waals surface area contributed by atoms with Gasteiger partial charge in [0, 0.05) is 20.7 Å². The van der Waals surface area contributed by atoms with Gasteiger partial charge in [0.05, 0.1) is 11.4 Å². The van der Waals surface area contributed by atoms with Gasteiger partial charge < -0.3 is 0 Å². The molecule has 1 N–H and O–H groups in total. The third-order valence-corrected chi connectivity index (χ3v) is 7.97. The quantitative estimate of drug-likeness (QED) is 0.259. The molecule has 0 aliphatic carbocycles. The molecule has 0 radical (unpaired) electrons. The van der Waals surface area contributed by atoms with Gasteiger partial charge in [-0.2, -0.15) is 0 Å². The van der Waals surface area contributed by atoms with Crippen molar-refractivity contribution in [3.05, 3.63) is 119 Å². The summed E-state index contributed by atoms with van der Waals surface area (Å²) in [6.07, 6.45) is 0. The molecule has 0 spiro atoms. The van der Waals surface area contributed by atoms with E-state index in [1.165, 1.54) is 0 Å². The summed E-state index contributed by atoms with van der Waals surface area (Å²) in [5.41, 5.74) is 4.72. The SMILES string of the molecule is O=P(c1ccccc1)(c1ccccc1)N(Nc1cccc(Cl)c1)c1cccc(Cl)c1. The third kappa shape index (κ3) is 4.24. The Morgan fingerprint density at radius 2 is 1.17 bits per heavy atom.